The molecule has 0 N–H and O–H groups in total. The summed E-state index contributed by atoms with van der Waals surface area (Å²) in [5.74, 6) is -3.46. The number of hydrogen-bond donors (Lipinski definition) is 0. The summed E-state index contributed by atoms with van der Waals surface area (Å²) in [5, 5.41) is 11.2. The third-order valence-electron chi connectivity index (χ3n) is 4.04. The van der Waals surface area contributed by atoms with Crippen molar-refractivity contribution in [1.82, 2.24) is 0 Å². The van der Waals surface area contributed by atoms with E-state index >= 15 is 0 Å². The molecule has 1 fully saturated rings. The highest BCUT2D eigenvalue weighted by Gasteiger charge is 2.42. The third-order valence-corrected chi connectivity index (χ3v) is 4.27. The Labute approximate surface area is 143 Å². The summed E-state index contributed by atoms with van der Waals surface area (Å²) in [7, 11) is 1.53. The molecule has 2 rings (SSSR count). The summed E-state index contributed by atoms with van der Waals surface area (Å²) >= 11 is 5.71. The van der Waals surface area contributed by atoms with Crippen LogP contribution in [0, 0.1) is 22.0 Å². The molecule has 1 aromatic carbocycles. The Hall–Kier alpha value is -2.12. The van der Waals surface area contributed by atoms with E-state index in [4.69, 9.17) is 16.3 Å². The molecular weight excluding hydrogens is 338 g/mol. The lowest BCUT2D eigenvalue weighted by atomic mass is 9.75. The molecule has 1 saturated carbocycles. The molecule has 0 aromatic heterocycles. The minimum absolute atomic E-state index is 0.0902. The van der Waals surface area contributed by atoms with Crippen LogP contribution >= 0.6 is 11.6 Å². The van der Waals surface area contributed by atoms with Crippen LogP contribution in [0.1, 0.15) is 29.6 Å². The Bertz CT molecular complexity index is 684. The molecule has 1 aromatic rings. The Kier molecular flexibility index (Phi) is 5.80. The second-order valence-electron chi connectivity index (χ2n) is 5.70. The van der Waals surface area contributed by atoms with Crippen LogP contribution in [0.4, 0.5) is 5.69 Å². The summed E-state index contributed by atoms with van der Waals surface area (Å²) in [6, 6.07) is 3.54. The average molecular weight is 354 g/mol. The molecule has 0 unspecified atom stereocenters. The van der Waals surface area contributed by atoms with Crippen molar-refractivity contribution in [2.45, 2.75) is 19.3 Å². The standard InChI is InChI=1S/C16H16ClNO6/c1-24-5-4-9-6-13(19)15(14(20)7-9)16(21)11-3-2-10(17)8-12(11)18(22)23/h2-3,8-9,15H,4-7H2,1H3. The monoisotopic (exact) mass is 353 g/mol. The second kappa shape index (κ2) is 7.63. The molecule has 1 aliphatic carbocycles. The van der Waals surface area contributed by atoms with Crippen LogP contribution in [0.3, 0.4) is 0 Å². The van der Waals surface area contributed by atoms with Crippen LogP contribution < -0.4 is 0 Å². The molecule has 0 amide bonds. The number of nitro benzene ring substituents is 1. The van der Waals surface area contributed by atoms with E-state index in [0.717, 1.165) is 6.07 Å². The van der Waals surface area contributed by atoms with Gasteiger partial charge in [0.15, 0.2) is 17.3 Å². The predicted molar refractivity (Wildman–Crippen MR) is 85.2 cm³/mol. The zero-order valence-electron chi connectivity index (χ0n) is 13.0. The Morgan fingerprint density at radius 3 is 2.50 bits per heavy atom. The quantitative estimate of drug-likeness (QED) is 0.337. The van der Waals surface area contributed by atoms with E-state index in [1.807, 2.05) is 0 Å². The maximum atomic E-state index is 12.6. The van der Waals surface area contributed by atoms with Crippen LogP contribution in [0.2, 0.25) is 5.02 Å². The summed E-state index contributed by atoms with van der Waals surface area (Å²) < 4.78 is 4.93. The van der Waals surface area contributed by atoms with Crippen molar-refractivity contribution in [2.24, 2.45) is 11.8 Å². The van der Waals surface area contributed by atoms with E-state index in [0.29, 0.717) is 13.0 Å². The first-order chi connectivity index (χ1) is 11.3. The van der Waals surface area contributed by atoms with Gasteiger partial charge in [-0.1, -0.05) is 11.6 Å². The first kappa shape index (κ1) is 18.2. The molecule has 7 nitrogen and oxygen atoms in total. The molecule has 1 aliphatic rings. The summed E-state index contributed by atoms with van der Waals surface area (Å²) in [5.41, 5.74) is -0.777. The normalized spacial score (nSPS) is 20.9. The van der Waals surface area contributed by atoms with Gasteiger partial charge in [-0.25, -0.2) is 0 Å². The lowest BCUT2D eigenvalue weighted by Crippen LogP contribution is -2.39. The zero-order valence-corrected chi connectivity index (χ0v) is 13.7. The molecule has 8 heteroatoms. The smallest absolute Gasteiger partial charge is 0.281 e. The third kappa shape index (κ3) is 3.85. The fraction of sp³-hybridized carbons (Fsp3) is 0.438. The Balaban J connectivity index is 2.26. The highest BCUT2D eigenvalue weighted by molar-refractivity contribution is 6.31. The minimum atomic E-state index is -1.47. The van der Waals surface area contributed by atoms with Gasteiger partial charge in [0, 0.05) is 37.6 Å². The van der Waals surface area contributed by atoms with Gasteiger partial charge in [-0.2, -0.15) is 0 Å². The van der Waals surface area contributed by atoms with Gasteiger partial charge in [0.2, 0.25) is 0 Å². The van der Waals surface area contributed by atoms with Crippen LogP contribution in [0.25, 0.3) is 0 Å². The van der Waals surface area contributed by atoms with Crippen LogP contribution in [-0.4, -0.2) is 36.0 Å². The summed E-state index contributed by atoms with van der Waals surface area (Å²) in [4.78, 5) is 47.4. The fourth-order valence-electron chi connectivity index (χ4n) is 2.86. The first-order valence-electron chi connectivity index (χ1n) is 7.37. The van der Waals surface area contributed by atoms with E-state index in [9.17, 15) is 24.5 Å². The molecule has 0 bridgehead atoms. The lowest BCUT2D eigenvalue weighted by Gasteiger charge is -2.25. The van der Waals surface area contributed by atoms with E-state index in [1.165, 1.54) is 19.2 Å². The van der Waals surface area contributed by atoms with Gasteiger partial charge in [0.1, 0.15) is 5.92 Å². The topological polar surface area (TPSA) is 104 Å². The number of nitrogens with zero attached hydrogens (tertiary/aromatic N) is 1. The van der Waals surface area contributed by atoms with Gasteiger partial charge in [-0.05, 0) is 24.5 Å². The van der Waals surface area contributed by atoms with E-state index in [-0.39, 0.29) is 29.3 Å². The molecule has 0 aliphatic heterocycles. The van der Waals surface area contributed by atoms with Crippen molar-refractivity contribution in [3.63, 3.8) is 0 Å². The van der Waals surface area contributed by atoms with Crippen molar-refractivity contribution in [3.8, 4) is 0 Å². The van der Waals surface area contributed by atoms with E-state index < -0.39 is 33.9 Å². The fourth-order valence-corrected chi connectivity index (χ4v) is 3.02. The molecule has 0 heterocycles. The van der Waals surface area contributed by atoms with E-state index in [1.54, 1.807) is 0 Å². The predicted octanol–water partition coefficient (Wildman–Crippen LogP) is 2.63. The zero-order chi connectivity index (χ0) is 17.9. The van der Waals surface area contributed by atoms with Gasteiger partial charge in [0.25, 0.3) is 5.69 Å². The molecular formula is C16H16ClNO6. The summed E-state index contributed by atoms with van der Waals surface area (Å²) in [6.45, 7) is 0.423. The van der Waals surface area contributed by atoms with Crippen molar-refractivity contribution >= 4 is 34.6 Å². The molecule has 128 valence electrons. The van der Waals surface area contributed by atoms with Crippen molar-refractivity contribution in [3.05, 3.63) is 38.9 Å². The second-order valence-corrected chi connectivity index (χ2v) is 6.14. The number of halogens is 1. The van der Waals surface area contributed by atoms with Gasteiger partial charge in [-0.15, -0.1) is 0 Å². The largest absolute Gasteiger partial charge is 0.385 e. The Morgan fingerprint density at radius 2 is 1.96 bits per heavy atom. The number of carbonyl (C=O) groups excluding carboxylic acids is 3. The number of nitro groups is 1. The van der Waals surface area contributed by atoms with Gasteiger partial charge in [0.05, 0.1) is 10.5 Å². The molecule has 0 saturated heterocycles. The van der Waals surface area contributed by atoms with Crippen molar-refractivity contribution < 1.29 is 24.0 Å². The first-order valence-corrected chi connectivity index (χ1v) is 7.75. The van der Waals surface area contributed by atoms with Crippen LogP contribution in [-0.2, 0) is 14.3 Å². The lowest BCUT2D eigenvalue weighted by molar-refractivity contribution is -0.385. The van der Waals surface area contributed by atoms with Crippen LogP contribution in [0.15, 0.2) is 18.2 Å². The van der Waals surface area contributed by atoms with Crippen molar-refractivity contribution in [2.75, 3.05) is 13.7 Å². The van der Waals surface area contributed by atoms with Crippen molar-refractivity contribution in [1.29, 1.82) is 0 Å². The molecule has 0 radical (unpaired) electrons. The number of ether oxygens (including phenoxy) is 1. The van der Waals surface area contributed by atoms with E-state index in [2.05, 4.69) is 0 Å². The Morgan fingerprint density at radius 1 is 1.33 bits per heavy atom. The van der Waals surface area contributed by atoms with Gasteiger partial charge in [-0.3, -0.25) is 24.5 Å². The number of carbonyl (C=O) groups is 3. The maximum absolute atomic E-state index is 12.6. The van der Waals surface area contributed by atoms with Gasteiger partial charge >= 0.3 is 0 Å². The SMILES string of the molecule is COCCC1CC(=O)C(C(=O)c2ccc(Cl)cc2[N+](=O)[O-])C(=O)C1. The molecule has 0 atom stereocenters. The number of hydrogen-bond acceptors (Lipinski definition) is 6. The van der Waals surface area contributed by atoms with Gasteiger partial charge < -0.3 is 4.74 Å². The van der Waals surface area contributed by atoms with Crippen LogP contribution in [0.5, 0.6) is 0 Å². The number of Topliss-reactive ketones (excluding diaryl/α,β-unsaturated/α-hetero) is 3. The highest BCUT2D eigenvalue weighted by Crippen LogP contribution is 2.31. The highest BCUT2D eigenvalue weighted by atomic mass is 35.5. The maximum Gasteiger partial charge on any atom is 0.281 e. The number of methoxy groups -OCH3 is 1. The summed E-state index contributed by atoms with van der Waals surface area (Å²) in [6.07, 6.45) is 0.732. The number of rotatable bonds is 6. The molecule has 0 spiro atoms. The minimum Gasteiger partial charge on any atom is -0.385 e. The average Bonchev–Trinajstić information content (AvgIpc) is 2.51. The molecule has 24 heavy (non-hydrogen) atoms. The number of benzene rings is 1. The number of ketones is 3.